The van der Waals surface area contributed by atoms with Gasteiger partial charge in [-0.25, -0.2) is 8.78 Å². The van der Waals surface area contributed by atoms with E-state index >= 15 is 0 Å². The van der Waals surface area contributed by atoms with E-state index in [9.17, 15) is 13.6 Å². The van der Waals surface area contributed by atoms with E-state index in [0.29, 0.717) is 5.02 Å². The molecule has 1 atom stereocenters. The second-order valence-corrected chi connectivity index (χ2v) is 5.09. The van der Waals surface area contributed by atoms with Gasteiger partial charge in [0, 0.05) is 5.56 Å². The first-order chi connectivity index (χ1) is 9.90. The number of rotatable bonds is 4. The van der Waals surface area contributed by atoms with Crippen molar-refractivity contribution in [2.75, 3.05) is 0 Å². The lowest BCUT2D eigenvalue weighted by Crippen LogP contribution is -2.24. The molecule has 0 aliphatic rings. The standard InChI is InChI=1S/C15H10Cl2F2O2/c1-8(21-13-4-2-3-10(16)14(13)17)15(20)9-5-6-11(18)12(19)7-9/h2-8H,1H3. The maximum atomic E-state index is 13.1. The molecule has 0 aromatic heterocycles. The minimum Gasteiger partial charge on any atom is -0.481 e. The number of halogens is 4. The van der Waals surface area contributed by atoms with Crippen LogP contribution < -0.4 is 4.74 Å². The van der Waals surface area contributed by atoms with Crippen LogP contribution in [0.4, 0.5) is 8.78 Å². The lowest BCUT2D eigenvalue weighted by Gasteiger charge is -2.15. The molecule has 0 saturated heterocycles. The van der Waals surface area contributed by atoms with Crippen molar-refractivity contribution in [1.82, 2.24) is 0 Å². The van der Waals surface area contributed by atoms with Gasteiger partial charge in [0.25, 0.3) is 0 Å². The van der Waals surface area contributed by atoms with E-state index in [1.165, 1.54) is 13.0 Å². The Morgan fingerprint density at radius 3 is 2.52 bits per heavy atom. The van der Waals surface area contributed by atoms with Gasteiger partial charge in [-0.1, -0.05) is 29.3 Å². The molecular weight excluding hydrogens is 321 g/mol. The number of hydrogen-bond acceptors (Lipinski definition) is 2. The molecule has 0 heterocycles. The zero-order valence-corrected chi connectivity index (χ0v) is 12.4. The minimum atomic E-state index is -1.09. The van der Waals surface area contributed by atoms with Gasteiger partial charge in [0.2, 0.25) is 5.78 Å². The Labute approximate surface area is 130 Å². The Kier molecular flexibility index (Phi) is 4.80. The summed E-state index contributed by atoms with van der Waals surface area (Å²) in [4.78, 5) is 12.1. The molecule has 1 unspecified atom stereocenters. The van der Waals surface area contributed by atoms with E-state index < -0.39 is 23.5 Å². The molecule has 0 saturated carbocycles. The largest absolute Gasteiger partial charge is 0.481 e. The monoisotopic (exact) mass is 330 g/mol. The number of ketones is 1. The molecule has 6 heteroatoms. The van der Waals surface area contributed by atoms with Gasteiger partial charge in [0.1, 0.15) is 10.8 Å². The Hall–Kier alpha value is -1.65. The van der Waals surface area contributed by atoms with Crippen molar-refractivity contribution in [1.29, 1.82) is 0 Å². The van der Waals surface area contributed by atoms with Crippen molar-refractivity contribution in [3.05, 3.63) is 63.6 Å². The van der Waals surface area contributed by atoms with Crippen LogP contribution in [0.3, 0.4) is 0 Å². The van der Waals surface area contributed by atoms with Crippen molar-refractivity contribution in [3.63, 3.8) is 0 Å². The van der Waals surface area contributed by atoms with Gasteiger partial charge in [0.05, 0.1) is 5.02 Å². The quantitative estimate of drug-likeness (QED) is 0.743. The molecule has 0 amide bonds. The van der Waals surface area contributed by atoms with E-state index in [2.05, 4.69) is 0 Å². The predicted molar refractivity (Wildman–Crippen MR) is 77.2 cm³/mol. The first-order valence-corrected chi connectivity index (χ1v) is 6.75. The van der Waals surface area contributed by atoms with Gasteiger partial charge in [-0.2, -0.15) is 0 Å². The molecule has 2 aromatic carbocycles. The molecule has 2 nitrogen and oxygen atoms in total. The Morgan fingerprint density at radius 1 is 1.14 bits per heavy atom. The van der Waals surface area contributed by atoms with Crippen LogP contribution in [0.25, 0.3) is 0 Å². The van der Waals surface area contributed by atoms with Crippen molar-refractivity contribution < 1.29 is 18.3 Å². The Morgan fingerprint density at radius 2 is 1.86 bits per heavy atom. The Balaban J connectivity index is 2.19. The fraction of sp³-hybridized carbons (Fsp3) is 0.133. The van der Waals surface area contributed by atoms with E-state index in [1.807, 2.05) is 0 Å². The van der Waals surface area contributed by atoms with E-state index in [4.69, 9.17) is 27.9 Å². The third-order valence-electron chi connectivity index (χ3n) is 2.79. The van der Waals surface area contributed by atoms with Crippen LogP contribution in [0.5, 0.6) is 5.75 Å². The average molecular weight is 331 g/mol. The lowest BCUT2D eigenvalue weighted by molar-refractivity contribution is 0.0817. The van der Waals surface area contributed by atoms with Crippen LogP contribution in [0.2, 0.25) is 10.0 Å². The normalized spacial score (nSPS) is 12.0. The maximum absolute atomic E-state index is 13.1. The fourth-order valence-corrected chi connectivity index (χ4v) is 2.04. The number of carbonyl (C=O) groups is 1. The van der Waals surface area contributed by atoms with Gasteiger partial charge in [0.15, 0.2) is 17.7 Å². The first-order valence-electron chi connectivity index (χ1n) is 6.00. The SMILES string of the molecule is CC(Oc1cccc(Cl)c1Cl)C(=O)c1ccc(F)c(F)c1. The lowest BCUT2D eigenvalue weighted by atomic mass is 10.1. The summed E-state index contributed by atoms with van der Waals surface area (Å²) in [5.74, 6) is -2.36. The highest BCUT2D eigenvalue weighted by atomic mass is 35.5. The summed E-state index contributed by atoms with van der Waals surface area (Å²) in [7, 11) is 0. The van der Waals surface area contributed by atoms with E-state index in [-0.39, 0.29) is 16.3 Å². The molecule has 0 fully saturated rings. The molecule has 21 heavy (non-hydrogen) atoms. The summed E-state index contributed by atoms with van der Waals surface area (Å²) in [6, 6.07) is 7.68. The number of Topliss-reactive ketones (excluding diaryl/α,β-unsaturated/α-hetero) is 1. The molecule has 0 spiro atoms. The topological polar surface area (TPSA) is 26.3 Å². The summed E-state index contributed by atoms with van der Waals surface area (Å²) in [6.07, 6.45) is -0.925. The summed E-state index contributed by atoms with van der Waals surface area (Å²) in [5.41, 5.74) is 0.0135. The molecule has 2 aromatic rings. The molecular formula is C15H10Cl2F2O2. The molecule has 0 aliphatic carbocycles. The smallest absolute Gasteiger partial charge is 0.203 e. The molecule has 0 aliphatic heterocycles. The van der Waals surface area contributed by atoms with Crippen molar-refractivity contribution in [2.24, 2.45) is 0 Å². The van der Waals surface area contributed by atoms with Gasteiger partial charge in [-0.05, 0) is 37.3 Å². The Bertz CT molecular complexity index is 689. The first kappa shape index (κ1) is 15.7. The predicted octanol–water partition coefficient (Wildman–Crippen LogP) is 4.92. The molecule has 0 bridgehead atoms. The number of carbonyl (C=O) groups excluding carboxylic acids is 1. The summed E-state index contributed by atoms with van der Waals surface area (Å²) in [5, 5.41) is 0.478. The van der Waals surface area contributed by atoms with Gasteiger partial charge < -0.3 is 4.74 Å². The zero-order valence-electron chi connectivity index (χ0n) is 10.9. The van der Waals surface area contributed by atoms with Gasteiger partial charge in [-0.15, -0.1) is 0 Å². The third-order valence-corrected chi connectivity index (χ3v) is 3.59. The van der Waals surface area contributed by atoms with Crippen molar-refractivity contribution >= 4 is 29.0 Å². The van der Waals surface area contributed by atoms with Crippen LogP contribution >= 0.6 is 23.2 Å². The second-order valence-electron chi connectivity index (χ2n) is 4.31. The molecule has 0 radical (unpaired) electrons. The number of benzene rings is 2. The van der Waals surface area contributed by atoms with Crippen LogP contribution in [-0.4, -0.2) is 11.9 Å². The maximum Gasteiger partial charge on any atom is 0.203 e. The summed E-state index contributed by atoms with van der Waals surface area (Å²) >= 11 is 11.8. The van der Waals surface area contributed by atoms with Crippen molar-refractivity contribution in [2.45, 2.75) is 13.0 Å². The second kappa shape index (κ2) is 6.41. The highest BCUT2D eigenvalue weighted by molar-refractivity contribution is 6.42. The van der Waals surface area contributed by atoms with Crippen LogP contribution in [0.1, 0.15) is 17.3 Å². The number of ether oxygens (including phenoxy) is 1. The van der Waals surface area contributed by atoms with Crippen LogP contribution in [0, 0.1) is 11.6 Å². The summed E-state index contributed by atoms with van der Waals surface area (Å²) in [6.45, 7) is 1.49. The van der Waals surface area contributed by atoms with Crippen LogP contribution in [0.15, 0.2) is 36.4 Å². The molecule has 110 valence electrons. The van der Waals surface area contributed by atoms with E-state index in [0.717, 1.165) is 12.1 Å². The molecule has 0 N–H and O–H groups in total. The van der Waals surface area contributed by atoms with Crippen molar-refractivity contribution in [3.8, 4) is 5.75 Å². The van der Waals surface area contributed by atoms with E-state index in [1.54, 1.807) is 18.2 Å². The summed E-state index contributed by atoms with van der Waals surface area (Å²) < 4.78 is 31.4. The average Bonchev–Trinajstić information content (AvgIpc) is 2.46. The minimum absolute atomic E-state index is 0.0135. The number of hydrogen-bond donors (Lipinski definition) is 0. The third kappa shape index (κ3) is 3.52. The molecule has 2 rings (SSSR count). The highest BCUT2D eigenvalue weighted by Crippen LogP contribution is 2.32. The van der Waals surface area contributed by atoms with Gasteiger partial charge in [-0.3, -0.25) is 4.79 Å². The zero-order chi connectivity index (χ0) is 15.6. The highest BCUT2D eigenvalue weighted by Gasteiger charge is 2.20. The fourth-order valence-electron chi connectivity index (χ4n) is 1.70. The van der Waals surface area contributed by atoms with Gasteiger partial charge >= 0.3 is 0 Å². The van der Waals surface area contributed by atoms with Crippen LogP contribution in [-0.2, 0) is 0 Å².